The summed E-state index contributed by atoms with van der Waals surface area (Å²) in [6.45, 7) is 0.215. The van der Waals surface area contributed by atoms with Gasteiger partial charge in [-0.05, 0) is 36.8 Å². The molecule has 1 aliphatic heterocycles. The van der Waals surface area contributed by atoms with Crippen molar-refractivity contribution in [2.75, 3.05) is 23.4 Å². The zero-order valence-corrected chi connectivity index (χ0v) is 15.4. The summed E-state index contributed by atoms with van der Waals surface area (Å²) >= 11 is 5.70. The van der Waals surface area contributed by atoms with E-state index in [9.17, 15) is 17.6 Å². The van der Waals surface area contributed by atoms with Crippen LogP contribution in [0.25, 0.3) is 0 Å². The first-order valence-corrected chi connectivity index (χ1v) is 10.2. The molecule has 6 nitrogen and oxygen atoms in total. The van der Waals surface area contributed by atoms with Crippen LogP contribution in [0.15, 0.2) is 41.0 Å². The van der Waals surface area contributed by atoms with Gasteiger partial charge in [0.1, 0.15) is 11.6 Å². The van der Waals surface area contributed by atoms with Gasteiger partial charge >= 0.3 is 0 Å². The Labute approximate surface area is 155 Å². The van der Waals surface area contributed by atoms with Gasteiger partial charge < -0.3 is 9.73 Å². The second-order valence-electron chi connectivity index (χ2n) is 6.21. The molecule has 0 saturated carbocycles. The second-order valence-corrected chi connectivity index (χ2v) is 8.88. The van der Waals surface area contributed by atoms with Crippen LogP contribution in [0.2, 0.25) is 5.02 Å². The lowest BCUT2D eigenvalue weighted by Gasteiger charge is -2.26. The number of hydrogen-bond acceptors (Lipinski definition) is 5. The Kier molecular flexibility index (Phi) is 5.64. The Morgan fingerprint density at radius 3 is 2.81 bits per heavy atom. The summed E-state index contributed by atoms with van der Waals surface area (Å²) < 4.78 is 42.7. The summed E-state index contributed by atoms with van der Waals surface area (Å²) in [6, 6.07) is 7.17. The van der Waals surface area contributed by atoms with E-state index in [-0.39, 0.29) is 34.8 Å². The van der Waals surface area contributed by atoms with E-state index in [1.54, 1.807) is 17.0 Å². The highest BCUT2D eigenvalue weighted by molar-refractivity contribution is 7.91. The van der Waals surface area contributed by atoms with Crippen LogP contribution in [-0.4, -0.2) is 43.3 Å². The SMILES string of the molecule is O=C(CN(Cc1ccco1)[C@@H]1CCS(=O)(=O)C1)Nc1ccc(Cl)cc1F. The van der Waals surface area contributed by atoms with Crippen LogP contribution >= 0.6 is 11.6 Å². The molecule has 1 aromatic heterocycles. The summed E-state index contributed by atoms with van der Waals surface area (Å²) in [4.78, 5) is 14.1. The smallest absolute Gasteiger partial charge is 0.238 e. The predicted octanol–water partition coefficient (Wildman–Crippen LogP) is 2.70. The molecule has 2 heterocycles. The number of hydrogen-bond donors (Lipinski definition) is 1. The molecule has 1 aliphatic rings. The van der Waals surface area contributed by atoms with E-state index in [1.165, 1.54) is 18.4 Å². The molecule has 2 aromatic rings. The molecule has 140 valence electrons. The summed E-state index contributed by atoms with van der Waals surface area (Å²) in [7, 11) is -3.10. The average Bonchev–Trinajstić information content (AvgIpc) is 3.19. The fourth-order valence-corrected chi connectivity index (χ4v) is 4.87. The van der Waals surface area contributed by atoms with Crippen molar-refractivity contribution >= 4 is 33.0 Å². The molecule has 1 saturated heterocycles. The van der Waals surface area contributed by atoms with Crippen molar-refractivity contribution in [2.24, 2.45) is 0 Å². The lowest BCUT2D eigenvalue weighted by molar-refractivity contribution is -0.118. The number of nitrogens with zero attached hydrogens (tertiary/aromatic N) is 1. The zero-order chi connectivity index (χ0) is 18.7. The van der Waals surface area contributed by atoms with Gasteiger partial charge in [0.25, 0.3) is 0 Å². The molecule has 0 spiro atoms. The van der Waals surface area contributed by atoms with Crippen molar-refractivity contribution in [3.63, 3.8) is 0 Å². The van der Waals surface area contributed by atoms with Crippen LogP contribution in [0.4, 0.5) is 10.1 Å². The number of anilines is 1. The molecule has 1 N–H and O–H groups in total. The van der Waals surface area contributed by atoms with Crippen molar-refractivity contribution < 1.29 is 22.0 Å². The Morgan fingerprint density at radius 1 is 1.38 bits per heavy atom. The quantitative estimate of drug-likeness (QED) is 0.806. The van der Waals surface area contributed by atoms with E-state index < -0.39 is 21.6 Å². The van der Waals surface area contributed by atoms with Crippen molar-refractivity contribution in [3.05, 3.63) is 53.2 Å². The molecular weight excluding hydrogens is 383 g/mol. The van der Waals surface area contributed by atoms with Crippen molar-refractivity contribution in [2.45, 2.75) is 19.0 Å². The van der Waals surface area contributed by atoms with Gasteiger partial charge in [0.05, 0.1) is 36.5 Å². The molecule has 0 aliphatic carbocycles. The van der Waals surface area contributed by atoms with E-state index in [0.29, 0.717) is 18.7 Å². The Balaban J connectivity index is 1.71. The second kappa shape index (κ2) is 7.77. The summed E-state index contributed by atoms with van der Waals surface area (Å²) in [5.41, 5.74) is 0.0244. The van der Waals surface area contributed by atoms with E-state index in [0.717, 1.165) is 6.07 Å². The summed E-state index contributed by atoms with van der Waals surface area (Å²) in [6.07, 6.45) is 1.97. The van der Waals surface area contributed by atoms with Gasteiger partial charge in [-0.3, -0.25) is 9.69 Å². The first kappa shape index (κ1) is 18.9. The number of rotatable bonds is 6. The molecule has 0 bridgehead atoms. The predicted molar refractivity (Wildman–Crippen MR) is 96.2 cm³/mol. The van der Waals surface area contributed by atoms with Gasteiger partial charge in [0, 0.05) is 11.1 Å². The lowest BCUT2D eigenvalue weighted by Crippen LogP contribution is -2.41. The third-order valence-electron chi connectivity index (χ3n) is 4.22. The molecule has 1 amide bonds. The maximum Gasteiger partial charge on any atom is 0.238 e. The van der Waals surface area contributed by atoms with Crippen LogP contribution in [0.1, 0.15) is 12.2 Å². The van der Waals surface area contributed by atoms with Crippen molar-refractivity contribution in [1.29, 1.82) is 0 Å². The van der Waals surface area contributed by atoms with Crippen LogP contribution in [0.3, 0.4) is 0 Å². The van der Waals surface area contributed by atoms with Gasteiger partial charge in [-0.2, -0.15) is 0 Å². The van der Waals surface area contributed by atoms with Crippen molar-refractivity contribution in [3.8, 4) is 0 Å². The zero-order valence-electron chi connectivity index (χ0n) is 13.8. The standard InChI is InChI=1S/C17H18ClFN2O4S/c18-12-3-4-16(15(19)8-12)20-17(22)10-21(9-14-2-1-6-25-14)13-5-7-26(23,24)11-13/h1-4,6,8,13H,5,7,9-11H2,(H,20,22)/t13-/m1/s1. The minimum atomic E-state index is -3.10. The highest BCUT2D eigenvalue weighted by Crippen LogP contribution is 2.22. The van der Waals surface area contributed by atoms with E-state index in [2.05, 4.69) is 5.32 Å². The monoisotopic (exact) mass is 400 g/mol. The first-order valence-electron chi connectivity index (χ1n) is 8.04. The number of carbonyl (C=O) groups is 1. The fourth-order valence-electron chi connectivity index (χ4n) is 2.95. The highest BCUT2D eigenvalue weighted by atomic mass is 35.5. The van der Waals surface area contributed by atoms with Gasteiger partial charge in [-0.15, -0.1) is 0 Å². The molecular formula is C17H18ClFN2O4S. The topological polar surface area (TPSA) is 79.6 Å². The number of nitrogens with one attached hydrogen (secondary N) is 1. The molecule has 1 atom stereocenters. The van der Waals surface area contributed by atoms with Gasteiger partial charge in [0.2, 0.25) is 5.91 Å². The molecule has 3 rings (SSSR count). The molecule has 1 fully saturated rings. The number of benzene rings is 1. The Morgan fingerprint density at radius 2 is 2.19 bits per heavy atom. The minimum Gasteiger partial charge on any atom is -0.468 e. The molecule has 1 aromatic carbocycles. The third kappa shape index (κ3) is 4.84. The molecule has 9 heteroatoms. The van der Waals surface area contributed by atoms with E-state index in [1.807, 2.05) is 0 Å². The van der Waals surface area contributed by atoms with E-state index >= 15 is 0 Å². The summed E-state index contributed by atoms with van der Waals surface area (Å²) in [5.74, 6) is -0.357. The Hall–Kier alpha value is -1.90. The number of carbonyl (C=O) groups excluding carboxylic acids is 1. The highest BCUT2D eigenvalue weighted by Gasteiger charge is 2.33. The number of halogens is 2. The number of sulfone groups is 1. The van der Waals surface area contributed by atoms with Crippen LogP contribution in [-0.2, 0) is 21.2 Å². The van der Waals surface area contributed by atoms with Crippen LogP contribution in [0, 0.1) is 5.82 Å². The molecule has 26 heavy (non-hydrogen) atoms. The maximum absolute atomic E-state index is 13.8. The normalized spacial score (nSPS) is 19.0. The summed E-state index contributed by atoms with van der Waals surface area (Å²) in [5, 5.41) is 2.73. The van der Waals surface area contributed by atoms with Crippen LogP contribution < -0.4 is 5.32 Å². The fraction of sp³-hybridized carbons (Fsp3) is 0.353. The molecule has 0 radical (unpaired) electrons. The van der Waals surface area contributed by atoms with Crippen LogP contribution in [0.5, 0.6) is 0 Å². The molecule has 0 unspecified atom stereocenters. The van der Waals surface area contributed by atoms with E-state index in [4.69, 9.17) is 16.0 Å². The largest absolute Gasteiger partial charge is 0.468 e. The first-order chi connectivity index (χ1) is 12.3. The number of furan rings is 1. The van der Waals surface area contributed by atoms with Gasteiger partial charge in [-0.25, -0.2) is 12.8 Å². The van der Waals surface area contributed by atoms with Gasteiger partial charge in [0.15, 0.2) is 9.84 Å². The van der Waals surface area contributed by atoms with Crippen molar-refractivity contribution in [1.82, 2.24) is 4.90 Å². The Bertz CT molecular complexity index is 886. The lowest BCUT2D eigenvalue weighted by atomic mass is 10.2. The number of amides is 1. The van der Waals surface area contributed by atoms with Gasteiger partial charge in [-0.1, -0.05) is 11.6 Å². The maximum atomic E-state index is 13.8. The minimum absolute atomic E-state index is 0.00368. The average molecular weight is 401 g/mol. The third-order valence-corrected chi connectivity index (χ3v) is 6.20.